The summed E-state index contributed by atoms with van der Waals surface area (Å²) in [6.45, 7) is 0. The number of nitrogens with one attached hydrogen (secondary N) is 1. The molecule has 0 bridgehead atoms. The van der Waals surface area contributed by atoms with Gasteiger partial charge in [0, 0.05) is 29.8 Å². The first-order chi connectivity index (χ1) is 19.7. The van der Waals surface area contributed by atoms with Crippen molar-refractivity contribution < 1.29 is 0 Å². The molecule has 1 N–H and O–H groups in total. The predicted molar refractivity (Wildman–Crippen MR) is 167 cm³/mol. The number of hydrogen-bond donors (Lipinski definition) is 1. The number of hydrogen-bond acceptors (Lipinski definition) is 2. The molecule has 2 heteroatoms. The molecule has 0 amide bonds. The third kappa shape index (κ3) is 3.17. The highest BCUT2D eigenvalue weighted by atomic mass is 15.1. The van der Waals surface area contributed by atoms with Crippen molar-refractivity contribution in [3.8, 4) is 22.3 Å². The molecule has 0 saturated carbocycles. The maximum Gasteiger partial charge on any atom is 0.0782 e. The van der Waals surface area contributed by atoms with Gasteiger partial charge in [-0.05, 0) is 80.9 Å². The summed E-state index contributed by atoms with van der Waals surface area (Å²) in [5.41, 5.74) is 14.3. The molecule has 6 aromatic rings. The summed E-state index contributed by atoms with van der Waals surface area (Å²) in [5, 5.41) is 3.80. The lowest BCUT2D eigenvalue weighted by Crippen LogP contribution is -2.40. The Morgan fingerprint density at radius 1 is 0.425 bits per heavy atom. The minimum atomic E-state index is -0.495. The van der Waals surface area contributed by atoms with Gasteiger partial charge in [-0.2, -0.15) is 0 Å². The van der Waals surface area contributed by atoms with Crippen LogP contribution in [0.25, 0.3) is 22.3 Å². The van der Waals surface area contributed by atoms with E-state index in [0.717, 1.165) is 11.4 Å². The minimum Gasteiger partial charge on any atom is -0.355 e. The summed E-state index contributed by atoms with van der Waals surface area (Å²) in [5.74, 6) is 0. The SMILES string of the molecule is CN1c2ccccc2C2(c3ccccc3Nc3ccc(-c4ccccc4)cc32)c2cc(-c3ccccc3)ccc21. The molecular formula is C38H28N2. The Balaban J connectivity index is 1.52. The van der Waals surface area contributed by atoms with E-state index in [1.54, 1.807) is 0 Å². The summed E-state index contributed by atoms with van der Waals surface area (Å²) in [6.07, 6.45) is 0. The van der Waals surface area contributed by atoms with E-state index in [2.05, 4.69) is 163 Å². The maximum atomic E-state index is 3.80. The zero-order valence-electron chi connectivity index (χ0n) is 22.3. The van der Waals surface area contributed by atoms with Crippen molar-refractivity contribution in [2.45, 2.75) is 5.41 Å². The maximum absolute atomic E-state index is 3.80. The number of benzene rings is 6. The van der Waals surface area contributed by atoms with E-state index in [0.29, 0.717) is 0 Å². The minimum absolute atomic E-state index is 0.495. The molecule has 40 heavy (non-hydrogen) atoms. The lowest BCUT2D eigenvalue weighted by molar-refractivity contribution is 0.724. The molecule has 8 rings (SSSR count). The molecule has 2 heterocycles. The highest BCUT2D eigenvalue weighted by Crippen LogP contribution is 2.61. The fourth-order valence-electron chi connectivity index (χ4n) is 6.86. The van der Waals surface area contributed by atoms with Crippen LogP contribution in [0.5, 0.6) is 0 Å². The summed E-state index contributed by atoms with van der Waals surface area (Å²) in [6, 6.07) is 53.1. The molecule has 2 aliphatic heterocycles. The van der Waals surface area contributed by atoms with Crippen LogP contribution in [-0.4, -0.2) is 7.05 Å². The Labute approximate surface area is 235 Å². The van der Waals surface area contributed by atoms with E-state index < -0.39 is 5.41 Å². The van der Waals surface area contributed by atoms with Crippen LogP contribution >= 0.6 is 0 Å². The Morgan fingerprint density at radius 3 is 1.68 bits per heavy atom. The van der Waals surface area contributed by atoms with Gasteiger partial charge in [-0.15, -0.1) is 0 Å². The molecule has 0 aliphatic carbocycles. The molecule has 0 fully saturated rings. The van der Waals surface area contributed by atoms with Gasteiger partial charge in [0.05, 0.1) is 5.41 Å². The summed E-state index contributed by atoms with van der Waals surface area (Å²) in [4.78, 5) is 2.36. The van der Waals surface area contributed by atoms with Crippen molar-refractivity contribution in [3.05, 3.63) is 168 Å². The first-order valence-electron chi connectivity index (χ1n) is 13.8. The molecule has 1 unspecified atom stereocenters. The Kier molecular flexibility index (Phi) is 4.99. The van der Waals surface area contributed by atoms with Crippen LogP contribution in [0.4, 0.5) is 22.7 Å². The van der Waals surface area contributed by atoms with Gasteiger partial charge < -0.3 is 10.2 Å². The largest absolute Gasteiger partial charge is 0.355 e. The quantitative estimate of drug-likeness (QED) is 0.248. The van der Waals surface area contributed by atoms with Gasteiger partial charge in [0.25, 0.3) is 0 Å². The second kappa shape index (κ2) is 8.72. The van der Waals surface area contributed by atoms with E-state index in [4.69, 9.17) is 0 Å². The molecule has 0 saturated heterocycles. The normalized spacial score (nSPS) is 16.4. The van der Waals surface area contributed by atoms with Crippen molar-refractivity contribution >= 4 is 22.7 Å². The fourth-order valence-corrected chi connectivity index (χ4v) is 6.86. The lowest BCUT2D eigenvalue weighted by Gasteiger charge is -2.48. The van der Waals surface area contributed by atoms with Gasteiger partial charge in [0.15, 0.2) is 0 Å². The first kappa shape index (κ1) is 22.9. The summed E-state index contributed by atoms with van der Waals surface area (Å²) >= 11 is 0. The van der Waals surface area contributed by atoms with Gasteiger partial charge in [0.2, 0.25) is 0 Å². The molecule has 1 atom stereocenters. The molecular weight excluding hydrogens is 484 g/mol. The molecule has 2 aliphatic rings. The number of para-hydroxylation sites is 2. The highest BCUT2D eigenvalue weighted by Gasteiger charge is 2.49. The lowest BCUT2D eigenvalue weighted by atomic mass is 9.60. The van der Waals surface area contributed by atoms with Crippen molar-refractivity contribution in [1.82, 2.24) is 0 Å². The van der Waals surface area contributed by atoms with Gasteiger partial charge in [0.1, 0.15) is 0 Å². The summed E-state index contributed by atoms with van der Waals surface area (Å²) in [7, 11) is 2.20. The molecule has 0 radical (unpaired) electrons. The third-order valence-electron chi connectivity index (χ3n) is 8.67. The number of anilines is 4. The van der Waals surface area contributed by atoms with Crippen LogP contribution in [0.3, 0.4) is 0 Å². The third-order valence-corrected chi connectivity index (χ3v) is 8.67. The number of nitrogens with zero attached hydrogens (tertiary/aromatic N) is 1. The molecule has 0 aromatic heterocycles. The fraction of sp³-hybridized carbons (Fsp3) is 0.0526. The first-order valence-corrected chi connectivity index (χ1v) is 13.8. The van der Waals surface area contributed by atoms with Crippen LogP contribution < -0.4 is 10.2 Å². The Morgan fingerprint density at radius 2 is 0.950 bits per heavy atom. The zero-order valence-corrected chi connectivity index (χ0v) is 22.3. The second-order valence-corrected chi connectivity index (χ2v) is 10.7. The molecule has 1 spiro atoms. The highest BCUT2D eigenvalue weighted by molar-refractivity contribution is 5.92. The number of fused-ring (bicyclic) bond motifs is 8. The van der Waals surface area contributed by atoms with E-state index in [-0.39, 0.29) is 0 Å². The van der Waals surface area contributed by atoms with Crippen LogP contribution in [0, 0.1) is 0 Å². The Hall–Kier alpha value is -5.08. The average molecular weight is 513 g/mol. The average Bonchev–Trinajstić information content (AvgIpc) is 3.03. The van der Waals surface area contributed by atoms with Crippen LogP contribution in [0.15, 0.2) is 146 Å². The van der Waals surface area contributed by atoms with Crippen molar-refractivity contribution in [1.29, 1.82) is 0 Å². The number of rotatable bonds is 2. The standard InChI is InChI=1S/C38H28N2/c1-40-36-19-11-9-17-31(36)38(33-25-29(21-23-37(33)40)27-14-6-3-7-15-27)30-16-8-10-18-34(30)39-35-22-20-28(24-32(35)38)26-12-4-2-5-13-26/h2-25,39H,1H3. The van der Waals surface area contributed by atoms with Crippen molar-refractivity contribution in [2.75, 3.05) is 17.3 Å². The summed E-state index contributed by atoms with van der Waals surface area (Å²) < 4.78 is 0. The van der Waals surface area contributed by atoms with Crippen LogP contribution in [-0.2, 0) is 5.41 Å². The topological polar surface area (TPSA) is 15.3 Å². The van der Waals surface area contributed by atoms with Gasteiger partial charge in [-0.3, -0.25) is 0 Å². The van der Waals surface area contributed by atoms with E-state index in [9.17, 15) is 0 Å². The molecule has 6 aromatic carbocycles. The Bertz CT molecular complexity index is 1890. The predicted octanol–water partition coefficient (Wildman–Crippen LogP) is 9.54. The zero-order chi connectivity index (χ0) is 26.7. The van der Waals surface area contributed by atoms with Crippen molar-refractivity contribution in [2.24, 2.45) is 0 Å². The van der Waals surface area contributed by atoms with Gasteiger partial charge >= 0.3 is 0 Å². The second-order valence-electron chi connectivity index (χ2n) is 10.7. The molecule has 190 valence electrons. The molecule has 2 nitrogen and oxygen atoms in total. The van der Waals surface area contributed by atoms with E-state index in [1.807, 2.05) is 0 Å². The monoisotopic (exact) mass is 512 g/mol. The van der Waals surface area contributed by atoms with Crippen LogP contribution in [0.1, 0.15) is 22.3 Å². The van der Waals surface area contributed by atoms with Crippen molar-refractivity contribution in [3.63, 3.8) is 0 Å². The van der Waals surface area contributed by atoms with Gasteiger partial charge in [-0.1, -0.05) is 109 Å². The van der Waals surface area contributed by atoms with Gasteiger partial charge in [-0.25, -0.2) is 0 Å². The van der Waals surface area contributed by atoms with E-state index in [1.165, 1.54) is 55.9 Å². The smallest absolute Gasteiger partial charge is 0.0782 e. The van der Waals surface area contributed by atoms with Crippen LogP contribution in [0.2, 0.25) is 0 Å². The van der Waals surface area contributed by atoms with E-state index >= 15 is 0 Å².